The highest BCUT2D eigenvalue weighted by Gasteiger charge is 2.46. The van der Waals surface area contributed by atoms with Crippen LogP contribution in [0.1, 0.15) is 47.6 Å². The van der Waals surface area contributed by atoms with Gasteiger partial charge in [-0.25, -0.2) is 4.98 Å². The predicted molar refractivity (Wildman–Crippen MR) is 128 cm³/mol. The number of likely N-dealkylation sites (N-methyl/N-ethyl adjacent to an activating group) is 1. The van der Waals surface area contributed by atoms with Crippen LogP contribution in [0, 0.1) is 5.92 Å². The molecule has 5 rings (SSSR count). The number of carbonyl (C=O) groups is 3. The van der Waals surface area contributed by atoms with E-state index >= 15 is 0 Å². The number of halogens is 1. The van der Waals surface area contributed by atoms with E-state index in [4.69, 9.17) is 11.6 Å². The van der Waals surface area contributed by atoms with E-state index in [1.807, 2.05) is 18.2 Å². The van der Waals surface area contributed by atoms with E-state index < -0.39 is 40.3 Å². The first-order valence-corrected chi connectivity index (χ1v) is 11.9. The maximum Gasteiger partial charge on any atom is 0.311 e. The van der Waals surface area contributed by atoms with Crippen molar-refractivity contribution in [2.75, 3.05) is 20.6 Å². The van der Waals surface area contributed by atoms with Gasteiger partial charge in [-0.15, -0.1) is 0 Å². The summed E-state index contributed by atoms with van der Waals surface area (Å²) < 4.78 is 1.33. The minimum absolute atomic E-state index is 0.167. The monoisotopic (exact) mass is 501 g/mol. The van der Waals surface area contributed by atoms with Crippen molar-refractivity contribution in [1.29, 1.82) is 0 Å². The molecular weight excluding hydrogens is 474 g/mol. The molecule has 3 amide bonds. The van der Waals surface area contributed by atoms with Crippen molar-refractivity contribution in [3.8, 4) is 5.75 Å². The zero-order valence-electron chi connectivity index (χ0n) is 19.6. The highest BCUT2D eigenvalue weighted by molar-refractivity contribution is 6.35. The van der Waals surface area contributed by atoms with Crippen LogP contribution in [0.5, 0.6) is 5.75 Å². The molecule has 1 aromatic heterocycles. The van der Waals surface area contributed by atoms with Crippen LogP contribution in [0.15, 0.2) is 29.1 Å². The van der Waals surface area contributed by atoms with Gasteiger partial charge in [0, 0.05) is 32.2 Å². The third kappa shape index (κ3) is 4.75. The molecule has 3 N–H and O–H groups in total. The number of hydrogen-bond acceptors (Lipinski definition) is 6. The Morgan fingerprint density at radius 1 is 1.23 bits per heavy atom. The first-order chi connectivity index (χ1) is 16.6. The SMILES string of the molecule is CN(C)C(=O)C(=O)NC12CCC(CC1)Cn1c2nc(C(=O)NCCc2ccccc2Cl)c(O)c1=O. The Balaban J connectivity index is 1.65. The Labute approximate surface area is 207 Å². The van der Waals surface area contributed by atoms with Gasteiger partial charge in [0.25, 0.3) is 11.5 Å². The fraction of sp³-hybridized carbons (Fsp3) is 0.458. The van der Waals surface area contributed by atoms with Crippen LogP contribution in [-0.2, 0) is 28.1 Å². The number of fused-ring (bicyclic) bond motifs is 2. The van der Waals surface area contributed by atoms with Gasteiger partial charge in [0.15, 0.2) is 5.69 Å². The van der Waals surface area contributed by atoms with Crippen LogP contribution in [-0.4, -0.2) is 57.9 Å². The zero-order valence-corrected chi connectivity index (χ0v) is 20.4. The summed E-state index contributed by atoms with van der Waals surface area (Å²) in [6.45, 7) is 0.534. The molecule has 2 aromatic rings. The van der Waals surface area contributed by atoms with Gasteiger partial charge in [0.2, 0.25) is 5.75 Å². The topological polar surface area (TPSA) is 134 Å². The summed E-state index contributed by atoms with van der Waals surface area (Å²) in [6.07, 6.45) is 2.80. The molecule has 0 saturated heterocycles. The molecule has 1 aliphatic carbocycles. The van der Waals surface area contributed by atoms with Crippen molar-refractivity contribution in [3.05, 3.63) is 56.7 Å². The summed E-state index contributed by atoms with van der Waals surface area (Å²) in [5.41, 5.74) is -1.39. The fourth-order valence-corrected chi connectivity index (χ4v) is 5.05. The normalized spacial score (nSPS) is 20.5. The second-order valence-corrected chi connectivity index (χ2v) is 9.73. The minimum atomic E-state index is -1.09. The van der Waals surface area contributed by atoms with E-state index in [0.29, 0.717) is 43.7 Å². The third-order valence-corrected chi connectivity index (χ3v) is 7.15. The maximum absolute atomic E-state index is 13.1. The van der Waals surface area contributed by atoms with E-state index in [9.17, 15) is 24.3 Å². The number of nitrogens with one attached hydrogen (secondary N) is 2. The Bertz CT molecular complexity index is 1230. The molecule has 35 heavy (non-hydrogen) atoms. The molecule has 10 nitrogen and oxygen atoms in total. The van der Waals surface area contributed by atoms with E-state index in [1.54, 1.807) is 6.07 Å². The lowest BCUT2D eigenvalue weighted by atomic mass is 9.77. The molecule has 1 fully saturated rings. The molecule has 0 spiro atoms. The Morgan fingerprint density at radius 3 is 2.57 bits per heavy atom. The van der Waals surface area contributed by atoms with Gasteiger partial charge in [-0.05, 0) is 49.7 Å². The van der Waals surface area contributed by atoms with Crippen LogP contribution in [0.25, 0.3) is 0 Å². The van der Waals surface area contributed by atoms with E-state index in [1.165, 1.54) is 23.6 Å². The van der Waals surface area contributed by atoms with Crippen LogP contribution in [0.3, 0.4) is 0 Å². The molecule has 0 radical (unpaired) electrons. The molecule has 186 valence electrons. The van der Waals surface area contributed by atoms with Crippen molar-refractivity contribution < 1.29 is 19.5 Å². The molecule has 2 aliphatic heterocycles. The highest BCUT2D eigenvalue weighted by Crippen LogP contribution is 2.42. The summed E-state index contributed by atoms with van der Waals surface area (Å²) in [6, 6.07) is 7.25. The van der Waals surface area contributed by atoms with Crippen LogP contribution in [0.4, 0.5) is 0 Å². The number of benzene rings is 1. The Morgan fingerprint density at radius 2 is 1.91 bits per heavy atom. The quantitative estimate of drug-likeness (QED) is 0.527. The minimum Gasteiger partial charge on any atom is -0.501 e. The van der Waals surface area contributed by atoms with Gasteiger partial charge in [-0.3, -0.25) is 23.7 Å². The summed E-state index contributed by atoms with van der Waals surface area (Å²) >= 11 is 6.16. The summed E-state index contributed by atoms with van der Waals surface area (Å²) in [4.78, 5) is 56.6. The second-order valence-electron chi connectivity index (χ2n) is 9.32. The number of rotatable bonds is 5. The lowest BCUT2D eigenvalue weighted by Gasteiger charge is -2.37. The maximum atomic E-state index is 13.1. The predicted octanol–water partition coefficient (Wildman–Crippen LogP) is 1.18. The fourth-order valence-electron chi connectivity index (χ4n) is 4.82. The van der Waals surface area contributed by atoms with E-state index in [2.05, 4.69) is 15.6 Å². The molecule has 1 aromatic carbocycles. The average molecular weight is 502 g/mol. The van der Waals surface area contributed by atoms with E-state index in [0.717, 1.165) is 5.56 Å². The van der Waals surface area contributed by atoms with Crippen molar-refractivity contribution in [2.45, 2.75) is 44.2 Å². The molecule has 1 saturated carbocycles. The van der Waals surface area contributed by atoms with Gasteiger partial charge in [-0.1, -0.05) is 29.8 Å². The molecule has 2 bridgehead atoms. The van der Waals surface area contributed by atoms with Crippen LogP contribution >= 0.6 is 11.6 Å². The number of aromatic hydroxyl groups is 1. The smallest absolute Gasteiger partial charge is 0.311 e. The first kappa shape index (κ1) is 24.7. The summed E-state index contributed by atoms with van der Waals surface area (Å²) in [7, 11) is 2.95. The number of amides is 3. The highest BCUT2D eigenvalue weighted by atomic mass is 35.5. The van der Waals surface area contributed by atoms with Crippen molar-refractivity contribution in [2.24, 2.45) is 5.92 Å². The lowest BCUT2D eigenvalue weighted by molar-refractivity contribution is -0.145. The largest absolute Gasteiger partial charge is 0.501 e. The number of hydrogen-bond donors (Lipinski definition) is 3. The van der Waals surface area contributed by atoms with Gasteiger partial charge < -0.3 is 20.6 Å². The average Bonchev–Trinajstić information content (AvgIpc) is 3.08. The van der Waals surface area contributed by atoms with Crippen LogP contribution in [0.2, 0.25) is 5.02 Å². The molecule has 11 heteroatoms. The van der Waals surface area contributed by atoms with Gasteiger partial charge in [0.05, 0.1) is 5.54 Å². The van der Waals surface area contributed by atoms with Crippen molar-refractivity contribution in [1.82, 2.24) is 25.1 Å². The number of aromatic nitrogens is 2. The standard InChI is InChI=1S/C24H28ClN5O5/c1-29(2)22(35)20(33)28-24-10-7-14(8-11-24)13-30-21(34)18(31)17(27-23(24)30)19(32)26-12-9-15-5-3-4-6-16(15)25/h3-6,14,31H,7-13H2,1-2H3,(H,26,32)(H,28,33). The lowest BCUT2D eigenvalue weighted by Crippen LogP contribution is -2.53. The van der Waals surface area contributed by atoms with Crippen molar-refractivity contribution in [3.63, 3.8) is 0 Å². The van der Waals surface area contributed by atoms with Gasteiger partial charge >= 0.3 is 11.8 Å². The zero-order chi connectivity index (χ0) is 25.3. The molecule has 3 aliphatic rings. The summed E-state index contributed by atoms with van der Waals surface area (Å²) in [5.74, 6) is -2.63. The van der Waals surface area contributed by atoms with Gasteiger partial charge in [0.1, 0.15) is 5.82 Å². The van der Waals surface area contributed by atoms with Crippen molar-refractivity contribution >= 4 is 29.3 Å². The molecule has 0 atom stereocenters. The first-order valence-electron chi connectivity index (χ1n) is 11.5. The Kier molecular flexibility index (Phi) is 6.84. The number of carbonyl (C=O) groups excluding carboxylic acids is 3. The molecular formula is C24H28ClN5O5. The van der Waals surface area contributed by atoms with E-state index in [-0.39, 0.29) is 18.3 Å². The molecule has 0 unspecified atom stereocenters. The number of nitrogens with zero attached hydrogens (tertiary/aromatic N) is 3. The second kappa shape index (κ2) is 9.69. The Hall–Kier alpha value is -3.40. The molecule has 3 heterocycles. The van der Waals surface area contributed by atoms with Crippen LogP contribution < -0.4 is 16.2 Å². The third-order valence-electron chi connectivity index (χ3n) is 6.78. The summed E-state index contributed by atoms with van der Waals surface area (Å²) in [5, 5.41) is 16.6. The van der Waals surface area contributed by atoms with Gasteiger partial charge in [-0.2, -0.15) is 0 Å².